The van der Waals surface area contributed by atoms with Crippen LogP contribution in [-0.4, -0.2) is 78.5 Å². The van der Waals surface area contributed by atoms with Gasteiger partial charge in [-0.1, -0.05) is 72.8 Å². The van der Waals surface area contributed by atoms with Crippen LogP contribution in [0.3, 0.4) is 0 Å². The monoisotopic (exact) mass is 916 g/mol. The van der Waals surface area contributed by atoms with Gasteiger partial charge in [-0.2, -0.15) is 15.5 Å². The summed E-state index contributed by atoms with van der Waals surface area (Å²) in [6.07, 6.45) is -0.366. The largest absolute Gasteiger partial charge is 0.497 e. The highest BCUT2D eigenvalue weighted by molar-refractivity contribution is 7.44. The zero-order chi connectivity index (χ0) is 47.1. The molecule has 66 heavy (non-hydrogen) atoms. The fraction of sp³-hybridized carbons (Fsp3) is 0.380. The Labute approximate surface area is 387 Å². The van der Waals surface area contributed by atoms with Crippen LogP contribution < -0.4 is 20.5 Å². The Morgan fingerprint density at radius 1 is 0.848 bits per heavy atom. The van der Waals surface area contributed by atoms with Gasteiger partial charge in [0.1, 0.15) is 35.2 Å². The molecule has 1 saturated heterocycles. The first-order valence-corrected chi connectivity index (χ1v) is 23.0. The number of nitrogens with one attached hydrogen (secondary N) is 1. The van der Waals surface area contributed by atoms with E-state index in [0.717, 1.165) is 16.7 Å². The Bertz CT molecular complexity index is 2400. The summed E-state index contributed by atoms with van der Waals surface area (Å²) < 4.78 is 48.0. The van der Waals surface area contributed by atoms with E-state index < -0.39 is 44.2 Å². The summed E-state index contributed by atoms with van der Waals surface area (Å²) in [4.78, 5) is 31.8. The molecule has 6 rings (SSSR count). The number of nitriles is 2. The van der Waals surface area contributed by atoms with E-state index in [1.165, 1.54) is 4.57 Å². The molecule has 5 aromatic rings. The average molecular weight is 917 g/mol. The Hall–Kier alpha value is -6.00. The van der Waals surface area contributed by atoms with E-state index in [-0.39, 0.29) is 63.6 Å². The van der Waals surface area contributed by atoms with Crippen molar-refractivity contribution in [3.63, 3.8) is 0 Å². The van der Waals surface area contributed by atoms with Gasteiger partial charge in [0.25, 0.3) is 14.4 Å². The van der Waals surface area contributed by atoms with Crippen LogP contribution in [0.5, 0.6) is 11.5 Å². The average Bonchev–Trinajstić information content (AvgIpc) is 3.73. The molecule has 4 unspecified atom stereocenters. The first kappa shape index (κ1) is 49.4. The van der Waals surface area contributed by atoms with Crippen LogP contribution in [0.1, 0.15) is 85.8 Å². The zero-order valence-electron chi connectivity index (χ0n) is 38.2. The summed E-state index contributed by atoms with van der Waals surface area (Å²) in [5, 5.41) is 21.4. The topological polar surface area (TPSA) is 179 Å². The number of methoxy groups -OCH3 is 2. The quantitative estimate of drug-likeness (QED) is 0.0373. The van der Waals surface area contributed by atoms with Gasteiger partial charge in [-0.25, -0.2) is 9.46 Å². The third-order valence-corrected chi connectivity index (χ3v) is 13.1. The molecule has 1 amide bonds. The van der Waals surface area contributed by atoms with Crippen LogP contribution in [0.25, 0.3) is 0 Å². The number of hydrogen-bond donors (Lipinski definition) is 1. The van der Waals surface area contributed by atoms with Crippen molar-refractivity contribution < 1.29 is 37.5 Å². The second kappa shape index (κ2) is 24.0. The van der Waals surface area contributed by atoms with Crippen LogP contribution in [0.4, 0.5) is 5.82 Å². The van der Waals surface area contributed by atoms with E-state index in [9.17, 15) is 14.9 Å². The Balaban J connectivity index is 1.44. The molecule has 1 aromatic heterocycles. The van der Waals surface area contributed by atoms with Crippen LogP contribution >= 0.6 is 8.53 Å². The standard InChI is InChI=1S/C50H57N6O9P/c1-35(2)56(36(3)4)66(63-30-14-28-52)65-44-31-46(55-32-38(33-61-29-13-27-51)47(54-49(55)58)53-48(57)37-15-9-7-10-16-37)64-45(44)34-62-50(39-17-11-8-12-18-39,40-19-23-42(59-5)24-20-40)41-21-25-43(60-6)26-22-41/h7-12,15-26,32,35-36,44-46H,13-14,29-31,33-34H2,1-6H3,(H,53,54,57,58). The lowest BCUT2D eigenvalue weighted by Crippen LogP contribution is -2.39. The fourth-order valence-corrected chi connectivity index (χ4v) is 9.58. The van der Waals surface area contributed by atoms with Gasteiger partial charge < -0.3 is 38.0 Å². The normalized spacial score (nSPS) is 16.5. The van der Waals surface area contributed by atoms with Gasteiger partial charge in [-0.05, 0) is 80.8 Å². The van der Waals surface area contributed by atoms with Crippen molar-refractivity contribution in [1.82, 2.24) is 14.2 Å². The van der Waals surface area contributed by atoms with E-state index >= 15 is 0 Å². The van der Waals surface area contributed by atoms with Crippen molar-refractivity contribution >= 4 is 20.3 Å². The smallest absolute Gasteiger partial charge is 0.351 e. The number of nitrogens with zero attached hydrogens (tertiary/aromatic N) is 5. The third kappa shape index (κ3) is 12.1. The highest BCUT2D eigenvalue weighted by atomic mass is 31.2. The maximum atomic E-state index is 14.1. The highest BCUT2D eigenvalue weighted by Gasteiger charge is 2.45. The molecule has 4 aromatic carbocycles. The van der Waals surface area contributed by atoms with Crippen LogP contribution in [-0.2, 0) is 35.5 Å². The SMILES string of the molecule is COc1ccc(C(OCC2OC(n3cc(COCCC#N)c(NC(=O)c4ccccc4)nc3=O)CC2OP(OCCC#N)N(C(C)C)C(C)C)(c2ccccc2)c2ccc(OC)cc2)cc1. The molecule has 1 aliphatic rings. The molecular weight excluding hydrogens is 860 g/mol. The van der Waals surface area contributed by atoms with E-state index in [2.05, 4.69) is 54.8 Å². The first-order chi connectivity index (χ1) is 32.0. The second-order valence-electron chi connectivity index (χ2n) is 16.0. The highest BCUT2D eigenvalue weighted by Crippen LogP contribution is 2.51. The van der Waals surface area contributed by atoms with E-state index in [1.807, 2.05) is 78.9 Å². The summed E-state index contributed by atoms with van der Waals surface area (Å²) in [6, 6.07) is 38.1. The maximum Gasteiger partial charge on any atom is 0.351 e. The van der Waals surface area contributed by atoms with Gasteiger partial charge in [0.2, 0.25) is 0 Å². The van der Waals surface area contributed by atoms with Crippen molar-refractivity contribution in [1.29, 1.82) is 10.5 Å². The number of ether oxygens (including phenoxy) is 5. The van der Waals surface area contributed by atoms with Gasteiger partial charge in [-0.15, -0.1) is 0 Å². The number of aromatic nitrogens is 2. The molecule has 0 saturated carbocycles. The molecule has 16 heteroatoms. The molecule has 15 nitrogen and oxygen atoms in total. The number of anilines is 1. The predicted octanol–water partition coefficient (Wildman–Crippen LogP) is 8.90. The summed E-state index contributed by atoms with van der Waals surface area (Å²) in [7, 11) is 1.47. The van der Waals surface area contributed by atoms with Gasteiger partial charge in [0.15, 0.2) is 0 Å². The van der Waals surface area contributed by atoms with Gasteiger partial charge >= 0.3 is 5.69 Å². The molecule has 346 valence electrons. The third-order valence-electron chi connectivity index (χ3n) is 10.9. The number of carbonyl (C=O) groups is 1. The van der Waals surface area contributed by atoms with Crippen molar-refractivity contribution in [3.05, 3.63) is 154 Å². The van der Waals surface area contributed by atoms with Gasteiger partial charge in [-0.3, -0.25) is 9.36 Å². The fourth-order valence-electron chi connectivity index (χ4n) is 7.82. The second-order valence-corrected chi connectivity index (χ2v) is 17.4. The summed E-state index contributed by atoms with van der Waals surface area (Å²) >= 11 is 0. The number of carbonyl (C=O) groups excluding carboxylic acids is 1. The van der Waals surface area contributed by atoms with Crippen molar-refractivity contribution in [2.24, 2.45) is 0 Å². The van der Waals surface area contributed by atoms with E-state index in [0.29, 0.717) is 22.6 Å². The first-order valence-electron chi connectivity index (χ1n) is 21.8. The lowest BCUT2D eigenvalue weighted by Gasteiger charge is -2.39. The van der Waals surface area contributed by atoms with Crippen molar-refractivity contribution in [2.45, 2.75) is 89.7 Å². The summed E-state index contributed by atoms with van der Waals surface area (Å²) in [5.41, 5.74) is 1.36. The Morgan fingerprint density at radius 3 is 1.97 bits per heavy atom. The van der Waals surface area contributed by atoms with Gasteiger partial charge in [0.05, 0.1) is 71.7 Å². The molecule has 0 aliphatic carbocycles. The van der Waals surface area contributed by atoms with Crippen LogP contribution in [0.2, 0.25) is 0 Å². The summed E-state index contributed by atoms with van der Waals surface area (Å²) in [6.45, 7) is 8.42. The number of rotatable bonds is 23. The van der Waals surface area contributed by atoms with Crippen molar-refractivity contribution in [3.8, 4) is 23.6 Å². The van der Waals surface area contributed by atoms with Gasteiger partial charge in [0, 0.05) is 35.8 Å². The number of amides is 1. The predicted molar refractivity (Wildman–Crippen MR) is 250 cm³/mol. The minimum Gasteiger partial charge on any atom is -0.497 e. The zero-order valence-corrected chi connectivity index (χ0v) is 39.1. The van der Waals surface area contributed by atoms with E-state index in [1.54, 1.807) is 50.7 Å². The number of hydrogen-bond acceptors (Lipinski definition) is 13. The van der Waals surface area contributed by atoms with E-state index in [4.69, 9.17) is 38.0 Å². The molecule has 1 aliphatic heterocycles. The summed E-state index contributed by atoms with van der Waals surface area (Å²) in [5.74, 6) is 0.921. The molecule has 0 radical (unpaired) electrons. The molecule has 1 N–H and O–H groups in total. The lowest BCUT2D eigenvalue weighted by molar-refractivity contribution is -0.0926. The molecular formula is C50H57N6O9P. The molecule has 1 fully saturated rings. The molecule has 0 bridgehead atoms. The van der Waals surface area contributed by atoms with Crippen molar-refractivity contribution in [2.75, 3.05) is 39.4 Å². The van der Waals surface area contributed by atoms with Crippen LogP contribution in [0.15, 0.2) is 120 Å². The van der Waals surface area contributed by atoms with Crippen LogP contribution in [0, 0.1) is 22.7 Å². The minimum atomic E-state index is -1.76. The molecule has 0 spiro atoms. The maximum absolute atomic E-state index is 14.1. The number of benzene rings is 4. The Morgan fingerprint density at radius 2 is 1.41 bits per heavy atom. The molecule has 4 atom stereocenters. The molecule has 2 heterocycles. The Kier molecular flexibility index (Phi) is 18.0. The minimum absolute atomic E-state index is 0.0101. The lowest BCUT2D eigenvalue weighted by atomic mass is 9.80.